The summed E-state index contributed by atoms with van der Waals surface area (Å²) in [5.74, 6) is 1.32. The molecule has 1 aromatic rings. The molecule has 0 aliphatic heterocycles. The Morgan fingerprint density at radius 2 is 1.93 bits per heavy atom. The summed E-state index contributed by atoms with van der Waals surface area (Å²) < 4.78 is 0. The van der Waals surface area contributed by atoms with E-state index in [2.05, 4.69) is 35.7 Å². The molecule has 0 aliphatic rings. The second-order valence-corrected chi connectivity index (χ2v) is 4.21. The minimum Gasteiger partial charge on any atom is -0.409 e. The van der Waals surface area contributed by atoms with Gasteiger partial charge in [0.15, 0.2) is 0 Å². The topological polar surface area (TPSA) is 58.6 Å². The number of benzene rings is 1. The molecule has 1 aromatic carbocycles. The molecule has 0 radical (unpaired) electrons. The lowest BCUT2D eigenvalue weighted by atomic mass is 10.1. The minimum atomic E-state index is 0.281. The van der Waals surface area contributed by atoms with Gasteiger partial charge in [-0.25, -0.2) is 0 Å². The van der Waals surface area contributed by atoms with Gasteiger partial charge in [-0.2, -0.15) is 11.8 Å². The average Bonchev–Trinajstić information content (AvgIpc) is 2.28. The highest BCUT2D eigenvalue weighted by Crippen LogP contribution is 2.11. The summed E-state index contributed by atoms with van der Waals surface area (Å²) in [6.45, 7) is 0. The number of oxime groups is 1. The van der Waals surface area contributed by atoms with Crippen LogP contribution in [0, 0.1) is 0 Å². The number of hydrogen-bond acceptors (Lipinski definition) is 3. The van der Waals surface area contributed by atoms with Crippen molar-refractivity contribution >= 4 is 17.6 Å². The van der Waals surface area contributed by atoms with Crippen LogP contribution in [0.15, 0.2) is 29.4 Å². The van der Waals surface area contributed by atoms with E-state index in [-0.39, 0.29) is 5.84 Å². The second-order valence-electron chi connectivity index (χ2n) is 3.34. The Balaban J connectivity index is 2.49. The number of thioether (sulfide) groups is 1. The molecule has 15 heavy (non-hydrogen) atoms. The third-order valence-electron chi connectivity index (χ3n) is 2.13. The van der Waals surface area contributed by atoms with Gasteiger partial charge in [0.1, 0.15) is 5.84 Å². The Kier molecular flexibility index (Phi) is 5.04. The van der Waals surface area contributed by atoms with E-state index < -0.39 is 0 Å². The van der Waals surface area contributed by atoms with Crippen molar-refractivity contribution in [2.75, 3.05) is 6.26 Å². The van der Waals surface area contributed by atoms with Crippen LogP contribution in [0.2, 0.25) is 0 Å². The molecule has 82 valence electrons. The van der Waals surface area contributed by atoms with Crippen LogP contribution in [0.1, 0.15) is 17.5 Å². The van der Waals surface area contributed by atoms with Gasteiger partial charge in [0, 0.05) is 12.2 Å². The van der Waals surface area contributed by atoms with Crippen molar-refractivity contribution in [2.24, 2.45) is 10.9 Å². The van der Waals surface area contributed by atoms with Gasteiger partial charge in [0.25, 0.3) is 0 Å². The zero-order valence-corrected chi connectivity index (χ0v) is 9.63. The number of hydrogen-bond donors (Lipinski definition) is 2. The van der Waals surface area contributed by atoms with Crippen molar-refractivity contribution in [3.8, 4) is 0 Å². The van der Waals surface area contributed by atoms with Crippen molar-refractivity contribution in [1.29, 1.82) is 0 Å². The molecule has 4 heteroatoms. The summed E-state index contributed by atoms with van der Waals surface area (Å²) in [7, 11) is 0. The van der Waals surface area contributed by atoms with E-state index in [1.54, 1.807) is 0 Å². The Bertz CT molecular complexity index is 322. The van der Waals surface area contributed by atoms with Gasteiger partial charge in [0.2, 0.25) is 0 Å². The van der Waals surface area contributed by atoms with Crippen molar-refractivity contribution in [1.82, 2.24) is 0 Å². The van der Waals surface area contributed by atoms with Crippen LogP contribution >= 0.6 is 11.8 Å². The fourth-order valence-electron chi connectivity index (χ4n) is 1.29. The molecule has 0 spiro atoms. The summed E-state index contributed by atoms with van der Waals surface area (Å²) in [6.07, 6.45) is 3.50. The molecular formula is C11H16N2OS. The van der Waals surface area contributed by atoms with Crippen LogP contribution in [0.4, 0.5) is 0 Å². The van der Waals surface area contributed by atoms with E-state index in [9.17, 15) is 0 Å². The second kappa shape index (κ2) is 6.35. The largest absolute Gasteiger partial charge is 0.409 e. The SMILES string of the molecule is CSCc1ccc(CCC(N)=NO)cc1. The van der Waals surface area contributed by atoms with Crippen molar-refractivity contribution in [3.05, 3.63) is 35.4 Å². The number of nitrogens with zero attached hydrogens (tertiary/aromatic N) is 1. The summed E-state index contributed by atoms with van der Waals surface area (Å²) in [5.41, 5.74) is 7.94. The summed E-state index contributed by atoms with van der Waals surface area (Å²) >= 11 is 1.81. The molecule has 1 rings (SSSR count). The number of amidine groups is 1. The summed E-state index contributed by atoms with van der Waals surface area (Å²) in [6, 6.07) is 8.43. The lowest BCUT2D eigenvalue weighted by Crippen LogP contribution is -2.12. The molecule has 0 fully saturated rings. The highest BCUT2D eigenvalue weighted by atomic mass is 32.2. The molecule has 0 saturated heterocycles. The van der Waals surface area contributed by atoms with Crippen LogP contribution in [-0.2, 0) is 12.2 Å². The predicted molar refractivity (Wildman–Crippen MR) is 65.4 cm³/mol. The fraction of sp³-hybridized carbons (Fsp3) is 0.364. The third kappa shape index (κ3) is 4.25. The predicted octanol–water partition coefficient (Wildman–Crippen LogP) is 2.23. The Morgan fingerprint density at radius 1 is 1.33 bits per heavy atom. The maximum absolute atomic E-state index is 8.39. The third-order valence-corrected chi connectivity index (χ3v) is 2.75. The molecule has 0 amide bonds. The van der Waals surface area contributed by atoms with Gasteiger partial charge in [-0.1, -0.05) is 29.4 Å². The molecule has 0 saturated carbocycles. The Labute approximate surface area is 94.4 Å². The van der Waals surface area contributed by atoms with Crippen LogP contribution in [0.5, 0.6) is 0 Å². The maximum atomic E-state index is 8.39. The van der Waals surface area contributed by atoms with Crippen LogP contribution in [-0.4, -0.2) is 17.3 Å². The molecule has 0 heterocycles. The molecule has 3 N–H and O–H groups in total. The van der Waals surface area contributed by atoms with E-state index in [1.165, 1.54) is 11.1 Å². The fourth-order valence-corrected chi connectivity index (χ4v) is 1.82. The standard InChI is InChI=1S/C11H16N2OS/c1-15-8-10-4-2-9(3-5-10)6-7-11(12)13-14/h2-5,14H,6-8H2,1H3,(H2,12,13). The minimum absolute atomic E-state index is 0.281. The van der Waals surface area contributed by atoms with E-state index >= 15 is 0 Å². The average molecular weight is 224 g/mol. The maximum Gasteiger partial charge on any atom is 0.139 e. The van der Waals surface area contributed by atoms with Crippen LogP contribution < -0.4 is 5.73 Å². The first-order chi connectivity index (χ1) is 7.26. The first-order valence-corrected chi connectivity index (χ1v) is 6.19. The normalized spacial score (nSPS) is 11.7. The molecule has 0 atom stereocenters. The van der Waals surface area contributed by atoms with Crippen molar-refractivity contribution in [3.63, 3.8) is 0 Å². The van der Waals surface area contributed by atoms with Crippen LogP contribution in [0.3, 0.4) is 0 Å². The first-order valence-electron chi connectivity index (χ1n) is 4.79. The van der Waals surface area contributed by atoms with Crippen LogP contribution in [0.25, 0.3) is 0 Å². The van der Waals surface area contributed by atoms with Gasteiger partial charge in [-0.05, 0) is 23.8 Å². The number of nitrogens with two attached hydrogens (primary N) is 1. The van der Waals surface area contributed by atoms with Crippen molar-refractivity contribution in [2.45, 2.75) is 18.6 Å². The molecular weight excluding hydrogens is 208 g/mol. The lowest BCUT2D eigenvalue weighted by molar-refractivity contribution is 0.317. The molecule has 0 bridgehead atoms. The lowest BCUT2D eigenvalue weighted by Gasteiger charge is -2.02. The van der Waals surface area contributed by atoms with E-state index in [1.807, 2.05) is 11.8 Å². The zero-order valence-electron chi connectivity index (χ0n) is 8.81. The smallest absolute Gasteiger partial charge is 0.139 e. The number of aryl methyl sites for hydroxylation is 1. The van der Waals surface area contributed by atoms with E-state index in [0.29, 0.717) is 6.42 Å². The first kappa shape index (κ1) is 11.9. The van der Waals surface area contributed by atoms with Gasteiger partial charge in [-0.3, -0.25) is 0 Å². The highest BCUT2D eigenvalue weighted by molar-refractivity contribution is 7.97. The molecule has 0 unspecified atom stereocenters. The monoisotopic (exact) mass is 224 g/mol. The van der Waals surface area contributed by atoms with Gasteiger partial charge < -0.3 is 10.9 Å². The van der Waals surface area contributed by atoms with Gasteiger partial charge in [0.05, 0.1) is 0 Å². The van der Waals surface area contributed by atoms with Crippen molar-refractivity contribution < 1.29 is 5.21 Å². The molecule has 3 nitrogen and oxygen atoms in total. The zero-order chi connectivity index (χ0) is 11.1. The molecule has 0 aliphatic carbocycles. The Morgan fingerprint density at radius 3 is 2.47 bits per heavy atom. The van der Waals surface area contributed by atoms with E-state index in [4.69, 9.17) is 10.9 Å². The van der Waals surface area contributed by atoms with Gasteiger partial charge >= 0.3 is 0 Å². The highest BCUT2D eigenvalue weighted by Gasteiger charge is 1.97. The summed E-state index contributed by atoms with van der Waals surface area (Å²) in [4.78, 5) is 0. The number of rotatable bonds is 5. The molecule has 0 aromatic heterocycles. The summed E-state index contributed by atoms with van der Waals surface area (Å²) in [5, 5.41) is 11.3. The quantitative estimate of drug-likeness (QED) is 0.349. The van der Waals surface area contributed by atoms with Gasteiger partial charge in [-0.15, -0.1) is 0 Å². The van der Waals surface area contributed by atoms with E-state index in [0.717, 1.165) is 12.2 Å². The Hall–Kier alpha value is -1.16.